The van der Waals surface area contributed by atoms with Gasteiger partial charge in [0.1, 0.15) is 0 Å². The Kier molecular flexibility index (Phi) is 6.71. The summed E-state index contributed by atoms with van der Waals surface area (Å²) in [7, 11) is 0. The number of carbonyl (C=O) groups excluding carboxylic acids is 2. The minimum atomic E-state index is -0.762. The van der Waals surface area contributed by atoms with E-state index in [4.69, 9.17) is 0 Å². The van der Waals surface area contributed by atoms with E-state index in [9.17, 15) is 19.1 Å². The third-order valence-electron chi connectivity index (χ3n) is 5.07. The van der Waals surface area contributed by atoms with Crippen LogP contribution in [0.15, 0.2) is 48.8 Å². The maximum atomic E-state index is 13.7. The lowest BCUT2D eigenvalue weighted by Gasteiger charge is -2.33. The van der Waals surface area contributed by atoms with Gasteiger partial charge in [-0.05, 0) is 37.3 Å². The van der Waals surface area contributed by atoms with E-state index in [1.807, 2.05) is 30.3 Å². The van der Waals surface area contributed by atoms with Gasteiger partial charge in [0.05, 0.1) is 23.9 Å². The maximum Gasteiger partial charge on any atom is 0.254 e. The number of rotatable bonds is 6. The fourth-order valence-electron chi connectivity index (χ4n) is 3.47. The molecule has 7 heteroatoms. The van der Waals surface area contributed by atoms with E-state index in [1.54, 1.807) is 0 Å². The minimum absolute atomic E-state index is 0.0860. The molecule has 2 aromatic rings. The van der Waals surface area contributed by atoms with Gasteiger partial charge in [-0.3, -0.25) is 14.6 Å². The molecular weight excluding hydrogens is 361 g/mol. The molecule has 3 N–H and O–H groups in total. The molecule has 1 aliphatic rings. The number of aliphatic hydroxyl groups is 1. The summed E-state index contributed by atoms with van der Waals surface area (Å²) in [4.78, 5) is 28.4. The molecule has 1 heterocycles. The number of amides is 2. The average molecular weight is 385 g/mol. The van der Waals surface area contributed by atoms with Crippen molar-refractivity contribution in [3.63, 3.8) is 0 Å². The van der Waals surface area contributed by atoms with Crippen molar-refractivity contribution in [3.05, 3.63) is 65.7 Å². The molecule has 1 aromatic carbocycles. The van der Waals surface area contributed by atoms with Gasteiger partial charge in [0, 0.05) is 18.7 Å². The second kappa shape index (κ2) is 9.41. The lowest BCUT2D eigenvalue weighted by Crippen LogP contribution is -2.49. The molecule has 28 heavy (non-hydrogen) atoms. The van der Waals surface area contributed by atoms with Gasteiger partial charge < -0.3 is 15.7 Å². The number of aliphatic hydroxyl groups excluding tert-OH is 1. The lowest BCUT2D eigenvalue weighted by molar-refractivity contribution is -0.127. The smallest absolute Gasteiger partial charge is 0.254 e. The van der Waals surface area contributed by atoms with Crippen LogP contribution in [0.4, 0.5) is 4.39 Å². The SMILES string of the molecule is O=C(N[C@@H]1C[C@@H](C(=O)NCCc2ccccc2)CC[C@H]1O)c1ccncc1F. The van der Waals surface area contributed by atoms with Crippen LogP contribution in [0.5, 0.6) is 0 Å². The predicted octanol–water partition coefficient (Wildman–Crippen LogP) is 1.84. The standard InChI is InChI=1S/C21H24FN3O3/c22-17-13-23-10-9-16(17)21(28)25-18-12-15(6-7-19(18)26)20(27)24-11-8-14-4-2-1-3-5-14/h1-5,9-10,13,15,18-19,26H,6-8,11-12H2,(H,24,27)(H,25,28)/t15-,18+,19+/m0/s1. The summed E-state index contributed by atoms with van der Waals surface area (Å²) in [6.07, 6.45) is 3.55. The first-order chi connectivity index (χ1) is 13.5. The monoisotopic (exact) mass is 385 g/mol. The Balaban J connectivity index is 1.52. The molecule has 1 saturated carbocycles. The fraction of sp³-hybridized carbons (Fsp3) is 0.381. The second-order valence-electron chi connectivity index (χ2n) is 7.04. The van der Waals surface area contributed by atoms with Gasteiger partial charge >= 0.3 is 0 Å². The number of halogens is 1. The summed E-state index contributed by atoms with van der Waals surface area (Å²) in [5, 5.41) is 15.8. The van der Waals surface area contributed by atoms with Crippen LogP contribution in [0, 0.1) is 11.7 Å². The van der Waals surface area contributed by atoms with Crippen LogP contribution in [0.1, 0.15) is 35.2 Å². The molecule has 0 spiro atoms. The van der Waals surface area contributed by atoms with Crippen molar-refractivity contribution in [1.82, 2.24) is 15.6 Å². The fourth-order valence-corrected chi connectivity index (χ4v) is 3.47. The highest BCUT2D eigenvalue weighted by Gasteiger charge is 2.34. The summed E-state index contributed by atoms with van der Waals surface area (Å²) in [5.74, 6) is -1.72. The first-order valence-corrected chi connectivity index (χ1v) is 9.44. The highest BCUT2D eigenvalue weighted by Crippen LogP contribution is 2.25. The van der Waals surface area contributed by atoms with E-state index in [1.165, 1.54) is 12.3 Å². The van der Waals surface area contributed by atoms with E-state index in [-0.39, 0.29) is 17.4 Å². The number of aromatic nitrogens is 1. The van der Waals surface area contributed by atoms with Crippen LogP contribution in [0.3, 0.4) is 0 Å². The van der Waals surface area contributed by atoms with Crippen molar-refractivity contribution in [3.8, 4) is 0 Å². The van der Waals surface area contributed by atoms with E-state index >= 15 is 0 Å². The number of hydrogen-bond acceptors (Lipinski definition) is 4. The number of carbonyl (C=O) groups is 2. The van der Waals surface area contributed by atoms with Crippen LogP contribution in [-0.2, 0) is 11.2 Å². The third-order valence-corrected chi connectivity index (χ3v) is 5.07. The number of nitrogens with one attached hydrogen (secondary N) is 2. The summed E-state index contributed by atoms with van der Waals surface area (Å²) in [5.41, 5.74) is 1.02. The Morgan fingerprint density at radius 2 is 1.96 bits per heavy atom. The van der Waals surface area contributed by atoms with Gasteiger partial charge in [-0.15, -0.1) is 0 Å². The van der Waals surface area contributed by atoms with Gasteiger partial charge in [0.15, 0.2) is 5.82 Å². The zero-order chi connectivity index (χ0) is 19.9. The van der Waals surface area contributed by atoms with Gasteiger partial charge in [0.2, 0.25) is 5.91 Å². The van der Waals surface area contributed by atoms with E-state index in [2.05, 4.69) is 15.6 Å². The van der Waals surface area contributed by atoms with Crippen molar-refractivity contribution in [2.75, 3.05) is 6.54 Å². The first-order valence-electron chi connectivity index (χ1n) is 9.44. The summed E-state index contributed by atoms with van der Waals surface area (Å²) in [6, 6.07) is 10.6. The van der Waals surface area contributed by atoms with E-state index in [0.29, 0.717) is 25.8 Å². The molecule has 0 unspecified atom stereocenters. The lowest BCUT2D eigenvalue weighted by atomic mass is 9.83. The normalized spacial score (nSPS) is 21.7. The quantitative estimate of drug-likeness (QED) is 0.708. The van der Waals surface area contributed by atoms with Gasteiger partial charge in [0.25, 0.3) is 5.91 Å². The summed E-state index contributed by atoms with van der Waals surface area (Å²) in [6.45, 7) is 0.529. The van der Waals surface area contributed by atoms with E-state index in [0.717, 1.165) is 18.2 Å². The van der Waals surface area contributed by atoms with Crippen molar-refractivity contribution in [2.24, 2.45) is 5.92 Å². The molecule has 0 aliphatic heterocycles. The van der Waals surface area contributed by atoms with Crippen LogP contribution in [0.25, 0.3) is 0 Å². The molecule has 1 fully saturated rings. The van der Waals surface area contributed by atoms with Crippen LogP contribution >= 0.6 is 0 Å². The number of hydrogen-bond donors (Lipinski definition) is 3. The second-order valence-corrected chi connectivity index (χ2v) is 7.04. The number of benzene rings is 1. The highest BCUT2D eigenvalue weighted by molar-refractivity contribution is 5.94. The Hall–Kier alpha value is -2.80. The number of nitrogens with zero attached hydrogens (tertiary/aromatic N) is 1. The highest BCUT2D eigenvalue weighted by atomic mass is 19.1. The minimum Gasteiger partial charge on any atom is -0.391 e. The topological polar surface area (TPSA) is 91.3 Å². The van der Waals surface area contributed by atoms with Crippen molar-refractivity contribution in [1.29, 1.82) is 0 Å². The molecule has 148 valence electrons. The van der Waals surface area contributed by atoms with Gasteiger partial charge in [-0.25, -0.2) is 4.39 Å². The summed E-state index contributed by atoms with van der Waals surface area (Å²) >= 11 is 0. The molecule has 1 aliphatic carbocycles. The molecule has 1 aromatic heterocycles. The van der Waals surface area contributed by atoms with Gasteiger partial charge in [-0.2, -0.15) is 0 Å². The zero-order valence-corrected chi connectivity index (χ0v) is 15.5. The Labute approximate surface area is 163 Å². The van der Waals surface area contributed by atoms with Crippen LogP contribution in [-0.4, -0.2) is 40.6 Å². The zero-order valence-electron chi connectivity index (χ0n) is 15.5. The third kappa shape index (κ3) is 5.13. The predicted molar refractivity (Wildman–Crippen MR) is 102 cm³/mol. The molecule has 2 amide bonds. The van der Waals surface area contributed by atoms with Crippen molar-refractivity contribution in [2.45, 2.75) is 37.8 Å². The molecule has 0 saturated heterocycles. The average Bonchev–Trinajstić information content (AvgIpc) is 2.70. The van der Waals surface area contributed by atoms with Crippen molar-refractivity contribution >= 4 is 11.8 Å². The molecule has 3 rings (SSSR count). The Bertz CT molecular complexity index is 816. The maximum absolute atomic E-state index is 13.7. The number of pyridine rings is 1. The molecule has 6 nitrogen and oxygen atoms in total. The summed E-state index contributed by atoms with van der Waals surface area (Å²) < 4.78 is 13.7. The van der Waals surface area contributed by atoms with E-state index < -0.39 is 23.9 Å². The largest absolute Gasteiger partial charge is 0.391 e. The molecule has 3 atom stereocenters. The van der Waals surface area contributed by atoms with Crippen molar-refractivity contribution < 1.29 is 19.1 Å². The molecular formula is C21H24FN3O3. The van der Waals surface area contributed by atoms with Crippen LogP contribution < -0.4 is 10.6 Å². The Morgan fingerprint density at radius 3 is 2.71 bits per heavy atom. The van der Waals surface area contributed by atoms with Gasteiger partial charge in [-0.1, -0.05) is 30.3 Å². The molecule has 0 radical (unpaired) electrons. The molecule has 0 bridgehead atoms. The first kappa shape index (κ1) is 19.9. The Morgan fingerprint density at radius 1 is 1.18 bits per heavy atom. The van der Waals surface area contributed by atoms with Crippen LogP contribution in [0.2, 0.25) is 0 Å².